The lowest BCUT2D eigenvalue weighted by Crippen LogP contribution is -2.32. The van der Waals surface area contributed by atoms with Gasteiger partial charge in [0.15, 0.2) is 5.78 Å². The van der Waals surface area contributed by atoms with Crippen molar-refractivity contribution in [1.82, 2.24) is 9.62 Å². The third kappa shape index (κ3) is 5.65. The van der Waals surface area contributed by atoms with Crippen molar-refractivity contribution in [2.45, 2.75) is 37.1 Å². The van der Waals surface area contributed by atoms with Crippen LogP contribution in [0.3, 0.4) is 0 Å². The van der Waals surface area contributed by atoms with Gasteiger partial charge in [-0.25, -0.2) is 8.42 Å². The Morgan fingerprint density at radius 1 is 1.03 bits per heavy atom. The van der Waals surface area contributed by atoms with E-state index in [1.807, 2.05) is 24.3 Å². The van der Waals surface area contributed by atoms with Gasteiger partial charge >= 0.3 is 0 Å². The van der Waals surface area contributed by atoms with Crippen molar-refractivity contribution < 1.29 is 17.9 Å². The number of hydrogen-bond donors (Lipinski definition) is 1. The van der Waals surface area contributed by atoms with Crippen molar-refractivity contribution in [3.63, 3.8) is 0 Å². The fourth-order valence-electron chi connectivity index (χ4n) is 3.43. The van der Waals surface area contributed by atoms with Gasteiger partial charge < -0.3 is 10.1 Å². The summed E-state index contributed by atoms with van der Waals surface area (Å²) >= 11 is 0. The molecule has 0 spiro atoms. The number of benzene rings is 2. The zero-order valence-electron chi connectivity index (χ0n) is 16.8. The van der Waals surface area contributed by atoms with Crippen LogP contribution in [0.25, 0.3) is 0 Å². The quantitative estimate of drug-likeness (QED) is 0.669. The molecule has 0 radical (unpaired) electrons. The number of methoxy groups -OCH3 is 1. The van der Waals surface area contributed by atoms with Crippen LogP contribution in [0.5, 0.6) is 5.75 Å². The molecule has 2 aromatic carbocycles. The predicted molar refractivity (Wildman–Crippen MR) is 113 cm³/mol. The summed E-state index contributed by atoms with van der Waals surface area (Å²) in [6, 6.07) is 14.0. The van der Waals surface area contributed by atoms with Gasteiger partial charge in [0.05, 0.1) is 18.6 Å². The fourth-order valence-corrected chi connectivity index (χ4v) is 4.99. The number of Topliss-reactive ketones (excluding diaryl/α,β-unsaturated/α-hetero) is 1. The van der Waals surface area contributed by atoms with Crippen molar-refractivity contribution >= 4 is 15.8 Å². The Labute approximate surface area is 172 Å². The van der Waals surface area contributed by atoms with Crippen LogP contribution in [0.2, 0.25) is 0 Å². The lowest BCUT2D eigenvalue weighted by atomic mass is 10.1. The van der Waals surface area contributed by atoms with E-state index in [2.05, 4.69) is 5.32 Å². The largest absolute Gasteiger partial charge is 0.497 e. The van der Waals surface area contributed by atoms with Crippen molar-refractivity contribution in [2.75, 3.05) is 26.7 Å². The molecular weight excluding hydrogens is 388 g/mol. The second-order valence-corrected chi connectivity index (χ2v) is 9.16. The Balaban J connectivity index is 1.62. The van der Waals surface area contributed by atoms with Gasteiger partial charge in [-0.1, -0.05) is 37.1 Å². The first-order valence-corrected chi connectivity index (χ1v) is 11.4. The molecule has 1 aliphatic heterocycles. The monoisotopic (exact) mass is 416 g/mol. The van der Waals surface area contributed by atoms with Crippen LogP contribution < -0.4 is 10.1 Å². The highest BCUT2D eigenvalue weighted by Gasteiger charge is 2.25. The number of carbonyl (C=O) groups is 1. The summed E-state index contributed by atoms with van der Waals surface area (Å²) in [5.41, 5.74) is 1.44. The third-order valence-electron chi connectivity index (χ3n) is 5.13. The number of carbonyl (C=O) groups excluding carboxylic acids is 1. The molecule has 0 saturated carbocycles. The maximum absolute atomic E-state index is 13.0. The number of sulfonamides is 1. The number of rotatable bonds is 8. The highest BCUT2D eigenvalue weighted by atomic mass is 32.2. The molecule has 0 unspecified atom stereocenters. The van der Waals surface area contributed by atoms with Gasteiger partial charge in [-0.05, 0) is 42.7 Å². The van der Waals surface area contributed by atoms with E-state index in [-0.39, 0.29) is 17.2 Å². The third-order valence-corrected chi connectivity index (χ3v) is 7.03. The molecule has 1 aliphatic rings. The molecule has 2 aromatic rings. The molecule has 3 rings (SSSR count). The van der Waals surface area contributed by atoms with Crippen molar-refractivity contribution in [3.8, 4) is 5.75 Å². The van der Waals surface area contributed by atoms with E-state index in [0.717, 1.165) is 37.0 Å². The molecule has 1 fully saturated rings. The molecular formula is C22H28N2O4S. The highest BCUT2D eigenvalue weighted by molar-refractivity contribution is 7.89. The molecule has 1 heterocycles. The maximum Gasteiger partial charge on any atom is 0.243 e. The normalized spacial score (nSPS) is 15.6. The summed E-state index contributed by atoms with van der Waals surface area (Å²) in [6.45, 7) is 1.77. The van der Waals surface area contributed by atoms with Crippen LogP contribution in [0.15, 0.2) is 53.4 Å². The number of nitrogens with one attached hydrogen (secondary N) is 1. The predicted octanol–water partition coefficient (Wildman–Crippen LogP) is 3.23. The van der Waals surface area contributed by atoms with Crippen molar-refractivity contribution in [3.05, 3.63) is 59.7 Å². The van der Waals surface area contributed by atoms with Crippen molar-refractivity contribution in [1.29, 1.82) is 0 Å². The molecule has 156 valence electrons. The van der Waals surface area contributed by atoms with Gasteiger partial charge in [0, 0.05) is 25.2 Å². The van der Waals surface area contributed by atoms with E-state index in [1.54, 1.807) is 29.6 Å². The van der Waals surface area contributed by atoms with Crippen LogP contribution in [-0.2, 0) is 16.6 Å². The Morgan fingerprint density at radius 3 is 2.38 bits per heavy atom. The van der Waals surface area contributed by atoms with Crippen LogP contribution >= 0.6 is 0 Å². The molecule has 0 bridgehead atoms. The molecule has 1 saturated heterocycles. The Morgan fingerprint density at radius 2 is 1.72 bits per heavy atom. The summed E-state index contributed by atoms with van der Waals surface area (Å²) in [4.78, 5) is 12.7. The second kappa shape index (κ2) is 10.0. The minimum Gasteiger partial charge on any atom is -0.497 e. The molecule has 6 nitrogen and oxygen atoms in total. The minimum absolute atomic E-state index is 0.133. The van der Waals surface area contributed by atoms with Gasteiger partial charge in [0.2, 0.25) is 10.0 Å². The summed E-state index contributed by atoms with van der Waals surface area (Å²) < 4.78 is 32.6. The average molecular weight is 417 g/mol. The summed E-state index contributed by atoms with van der Waals surface area (Å²) in [6.07, 6.45) is 3.88. The van der Waals surface area contributed by atoms with E-state index < -0.39 is 10.0 Å². The molecule has 0 atom stereocenters. The van der Waals surface area contributed by atoms with Crippen LogP contribution in [0, 0.1) is 0 Å². The average Bonchev–Trinajstić information content (AvgIpc) is 3.04. The van der Waals surface area contributed by atoms with E-state index in [1.165, 1.54) is 6.07 Å². The van der Waals surface area contributed by atoms with Gasteiger partial charge in [-0.2, -0.15) is 4.31 Å². The number of hydrogen-bond acceptors (Lipinski definition) is 5. The Hall–Kier alpha value is -2.22. The van der Waals surface area contributed by atoms with Gasteiger partial charge in [-0.3, -0.25) is 4.79 Å². The molecule has 0 aromatic heterocycles. The lowest BCUT2D eigenvalue weighted by Gasteiger charge is -2.20. The number of nitrogens with zero attached hydrogens (tertiary/aromatic N) is 1. The van der Waals surface area contributed by atoms with Gasteiger partial charge in [0.25, 0.3) is 0 Å². The summed E-state index contributed by atoms with van der Waals surface area (Å²) in [5, 5.41) is 3.12. The first kappa shape index (κ1) is 21.5. The SMILES string of the molecule is COc1ccc(CNCC(=O)c2cccc(S(=O)(=O)N3CCCCCC3)c2)cc1. The van der Waals surface area contributed by atoms with E-state index in [9.17, 15) is 13.2 Å². The fraction of sp³-hybridized carbons (Fsp3) is 0.409. The summed E-state index contributed by atoms with van der Waals surface area (Å²) in [7, 11) is -1.94. The van der Waals surface area contributed by atoms with Crippen LogP contribution in [-0.4, -0.2) is 45.3 Å². The van der Waals surface area contributed by atoms with Crippen LogP contribution in [0.4, 0.5) is 0 Å². The van der Waals surface area contributed by atoms with E-state index >= 15 is 0 Å². The van der Waals surface area contributed by atoms with Crippen LogP contribution in [0.1, 0.15) is 41.6 Å². The topological polar surface area (TPSA) is 75.7 Å². The number of ether oxygens (including phenoxy) is 1. The smallest absolute Gasteiger partial charge is 0.243 e. The van der Waals surface area contributed by atoms with Crippen molar-refractivity contribution in [2.24, 2.45) is 0 Å². The first-order chi connectivity index (χ1) is 14.0. The molecule has 29 heavy (non-hydrogen) atoms. The zero-order chi connectivity index (χ0) is 20.7. The lowest BCUT2D eigenvalue weighted by molar-refractivity contribution is 0.0990. The molecule has 1 N–H and O–H groups in total. The van der Waals surface area contributed by atoms with Gasteiger partial charge in [-0.15, -0.1) is 0 Å². The Bertz CT molecular complexity index is 918. The second-order valence-electron chi connectivity index (χ2n) is 7.22. The molecule has 0 aliphatic carbocycles. The standard InChI is InChI=1S/C22H28N2O4S/c1-28-20-11-9-18(10-12-20)16-23-17-22(25)19-7-6-8-21(15-19)29(26,27)24-13-4-2-3-5-14-24/h6-12,15,23H,2-5,13-14,16-17H2,1H3. The minimum atomic E-state index is -3.56. The Kier molecular flexibility index (Phi) is 7.41. The van der Waals surface area contributed by atoms with E-state index in [4.69, 9.17) is 4.74 Å². The number of ketones is 1. The highest BCUT2D eigenvalue weighted by Crippen LogP contribution is 2.21. The molecule has 7 heteroatoms. The zero-order valence-corrected chi connectivity index (χ0v) is 17.6. The van der Waals surface area contributed by atoms with Gasteiger partial charge in [0.1, 0.15) is 5.75 Å². The first-order valence-electron chi connectivity index (χ1n) is 9.98. The maximum atomic E-state index is 13.0. The molecule has 0 amide bonds. The summed E-state index contributed by atoms with van der Waals surface area (Å²) in [5.74, 6) is 0.652. The van der Waals surface area contributed by atoms with E-state index in [0.29, 0.717) is 25.2 Å².